The Balaban J connectivity index is 1.92. The van der Waals surface area contributed by atoms with Crippen LogP contribution in [0.3, 0.4) is 0 Å². The number of hydrogen-bond acceptors (Lipinski definition) is 2. The maximum Gasteiger partial charge on any atom is 0.167 e. The summed E-state index contributed by atoms with van der Waals surface area (Å²) in [6.45, 7) is 2.18. The number of rotatable bonds is 4. The summed E-state index contributed by atoms with van der Waals surface area (Å²) in [5.41, 5.74) is 1.68. The highest BCUT2D eigenvalue weighted by atomic mass is 19.1. The third-order valence-corrected chi connectivity index (χ3v) is 2.56. The normalized spacial score (nSPS) is 10.5. The van der Waals surface area contributed by atoms with Gasteiger partial charge in [0.1, 0.15) is 0 Å². The minimum atomic E-state index is -0.279. The van der Waals surface area contributed by atoms with Crippen LogP contribution in [0, 0.1) is 12.7 Å². The molecule has 17 heavy (non-hydrogen) atoms. The lowest BCUT2D eigenvalue weighted by atomic mass is 10.2. The highest BCUT2D eigenvalue weighted by molar-refractivity contribution is 5.30. The predicted molar refractivity (Wildman–Crippen MR) is 63.5 cm³/mol. The van der Waals surface area contributed by atoms with Crippen LogP contribution < -0.4 is 4.74 Å². The molecule has 2 aromatic rings. The molecule has 0 N–H and O–H groups in total. The number of hydrogen-bond donors (Lipinski definition) is 0. The molecule has 0 radical (unpaired) electrons. The first kappa shape index (κ1) is 11.6. The molecule has 0 aliphatic carbocycles. The zero-order valence-corrected chi connectivity index (χ0v) is 9.98. The Morgan fingerprint density at radius 1 is 1.41 bits per heavy atom. The molecular weight excluding hydrogens is 219 g/mol. The molecule has 0 fully saturated rings. The van der Waals surface area contributed by atoms with Crippen molar-refractivity contribution in [2.75, 3.05) is 6.61 Å². The summed E-state index contributed by atoms with van der Waals surface area (Å²) in [5.74, 6) is 0.0348. The van der Waals surface area contributed by atoms with E-state index in [1.165, 1.54) is 0 Å². The van der Waals surface area contributed by atoms with Gasteiger partial charge >= 0.3 is 0 Å². The Morgan fingerprint density at radius 2 is 2.24 bits per heavy atom. The van der Waals surface area contributed by atoms with Gasteiger partial charge in [-0.2, -0.15) is 5.10 Å². The maximum atomic E-state index is 13.6. The minimum Gasteiger partial charge on any atom is -0.490 e. The van der Waals surface area contributed by atoms with Gasteiger partial charge in [0, 0.05) is 19.7 Å². The number of aryl methyl sites for hydroxylation is 2. The molecule has 1 aromatic carbocycles. The smallest absolute Gasteiger partial charge is 0.167 e. The van der Waals surface area contributed by atoms with Gasteiger partial charge in [0.2, 0.25) is 0 Å². The number of ether oxygens (including phenoxy) is 1. The van der Waals surface area contributed by atoms with Crippen molar-refractivity contribution in [3.05, 3.63) is 47.5 Å². The first-order chi connectivity index (χ1) is 8.16. The molecule has 1 heterocycles. The lowest BCUT2D eigenvalue weighted by molar-refractivity contribution is 0.304. The highest BCUT2D eigenvalue weighted by Gasteiger charge is 2.05. The Kier molecular flexibility index (Phi) is 3.42. The second-order valence-corrected chi connectivity index (χ2v) is 4.01. The van der Waals surface area contributed by atoms with Gasteiger partial charge in [-0.1, -0.05) is 12.1 Å². The van der Waals surface area contributed by atoms with Crippen molar-refractivity contribution in [2.24, 2.45) is 7.05 Å². The van der Waals surface area contributed by atoms with Gasteiger partial charge in [0.15, 0.2) is 11.6 Å². The Bertz CT molecular complexity index is 508. The average Bonchev–Trinajstić information content (AvgIpc) is 2.70. The summed E-state index contributed by atoms with van der Waals surface area (Å²) >= 11 is 0. The van der Waals surface area contributed by atoms with Crippen LogP contribution in [0.5, 0.6) is 5.75 Å². The fourth-order valence-corrected chi connectivity index (χ4v) is 1.61. The fourth-order valence-electron chi connectivity index (χ4n) is 1.61. The van der Waals surface area contributed by atoms with Gasteiger partial charge in [0.05, 0.1) is 12.8 Å². The van der Waals surface area contributed by atoms with Crippen molar-refractivity contribution < 1.29 is 9.13 Å². The zero-order valence-electron chi connectivity index (χ0n) is 9.98. The van der Waals surface area contributed by atoms with Crippen molar-refractivity contribution in [3.8, 4) is 5.75 Å². The topological polar surface area (TPSA) is 27.1 Å². The molecule has 1 aromatic heterocycles. The summed E-state index contributed by atoms with van der Waals surface area (Å²) in [5, 5.41) is 4.06. The van der Waals surface area contributed by atoms with E-state index >= 15 is 0 Å². The second kappa shape index (κ2) is 4.99. The number of halogens is 1. The summed E-state index contributed by atoms with van der Waals surface area (Å²) in [7, 11) is 1.87. The summed E-state index contributed by atoms with van der Waals surface area (Å²) in [4.78, 5) is 0. The van der Waals surface area contributed by atoms with Crippen LogP contribution in [0.4, 0.5) is 4.39 Å². The Labute approximate surface area is 99.8 Å². The van der Waals surface area contributed by atoms with E-state index in [-0.39, 0.29) is 5.82 Å². The fraction of sp³-hybridized carbons (Fsp3) is 0.308. The van der Waals surface area contributed by atoms with Gasteiger partial charge in [-0.25, -0.2) is 4.39 Å². The molecule has 90 valence electrons. The molecule has 2 rings (SSSR count). The molecule has 0 spiro atoms. The van der Waals surface area contributed by atoms with Crippen LogP contribution in [0.2, 0.25) is 0 Å². The Morgan fingerprint density at radius 3 is 2.94 bits per heavy atom. The molecule has 0 saturated heterocycles. The van der Waals surface area contributed by atoms with Crippen molar-refractivity contribution in [1.82, 2.24) is 9.78 Å². The van der Waals surface area contributed by atoms with Crippen molar-refractivity contribution >= 4 is 0 Å². The molecule has 0 atom stereocenters. The summed E-state index contributed by atoms with van der Waals surface area (Å²) < 4.78 is 20.7. The summed E-state index contributed by atoms with van der Waals surface area (Å²) in [6.07, 6.45) is 4.44. The van der Waals surface area contributed by atoms with Crippen molar-refractivity contribution in [1.29, 1.82) is 0 Å². The first-order valence-corrected chi connectivity index (χ1v) is 5.52. The van der Waals surface area contributed by atoms with Gasteiger partial charge in [-0.3, -0.25) is 4.68 Å². The van der Waals surface area contributed by atoms with Crippen LogP contribution in [-0.4, -0.2) is 16.4 Å². The SMILES string of the molecule is Cc1cccc(OCCc2cnn(C)c2)c1F. The third kappa shape index (κ3) is 2.84. The van der Waals surface area contributed by atoms with E-state index in [9.17, 15) is 4.39 Å². The van der Waals surface area contributed by atoms with E-state index in [1.54, 1.807) is 36.0 Å². The van der Waals surface area contributed by atoms with Crippen LogP contribution in [-0.2, 0) is 13.5 Å². The molecule has 0 aliphatic heterocycles. The average molecular weight is 234 g/mol. The van der Waals surface area contributed by atoms with Gasteiger partial charge in [-0.15, -0.1) is 0 Å². The van der Waals surface area contributed by atoms with E-state index in [4.69, 9.17) is 4.74 Å². The van der Waals surface area contributed by atoms with Crippen LogP contribution in [0.25, 0.3) is 0 Å². The monoisotopic (exact) mass is 234 g/mol. The van der Waals surface area contributed by atoms with E-state index in [0.717, 1.165) is 12.0 Å². The Hall–Kier alpha value is -1.84. The molecule has 0 unspecified atom stereocenters. The molecule has 3 nitrogen and oxygen atoms in total. The van der Waals surface area contributed by atoms with Crippen molar-refractivity contribution in [2.45, 2.75) is 13.3 Å². The molecule has 0 saturated carbocycles. The predicted octanol–water partition coefficient (Wildman–Crippen LogP) is 2.49. The van der Waals surface area contributed by atoms with E-state index in [0.29, 0.717) is 17.9 Å². The van der Waals surface area contributed by atoms with Gasteiger partial charge < -0.3 is 4.74 Å². The molecule has 0 aliphatic rings. The summed E-state index contributed by atoms with van der Waals surface area (Å²) in [6, 6.07) is 5.16. The van der Waals surface area contributed by atoms with E-state index in [1.807, 2.05) is 13.2 Å². The highest BCUT2D eigenvalue weighted by Crippen LogP contribution is 2.19. The van der Waals surface area contributed by atoms with E-state index < -0.39 is 0 Å². The number of nitrogens with zero attached hydrogens (tertiary/aromatic N) is 2. The number of aromatic nitrogens is 2. The minimum absolute atomic E-state index is 0.279. The quantitative estimate of drug-likeness (QED) is 0.812. The molecular formula is C13H15FN2O. The molecule has 0 amide bonds. The molecule has 0 bridgehead atoms. The lowest BCUT2D eigenvalue weighted by Gasteiger charge is -2.07. The zero-order chi connectivity index (χ0) is 12.3. The van der Waals surface area contributed by atoms with Gasteiger partial charge in [-0.05, 0) is 24.1 Å². The second-order valence-electron chi connectivity index (χ2n) is 4.01. The van der Waals surface area contributed by atoms with Crippen LogP contribution >= 0.6 is 0 Å². The maximum absolute atomic E-state index is 13.6. The first-order valence-electron chi connectivity index (χ1n) is 5.52. The molecule has 4 heteroatoms. The van der Waals surface area contributed by atoms with E-state index in [2.05, 4.69) is 5.10 Å². The van der Waals surface area contributed by atoms with Crippen molar-refractivity contribution in [3.63, 3.8) is 0 Å². The largest absolute Gasteiger partial charge is 0.490 e. The van der Waals surface area contributed by atoms with Crippen LogP contribution in [0.1, 0.15) is 11.1 Å². The number of benzene rings is 1. The third-order valence-electron chi connectivity index (χ3n) is 2.56. The standard InChI is InChI=1S/C13H15FN2O/c1-10-4-3-5-12(13(10)14)17-7-6-11-8-15-16(2)9-11/h3-5,8-9H,6-7H2,1-2H3. The lowest BCUT2D eigenvalue weighted by Crippen LogP contribution is -2.02. The van der Waals surface area contributed by atoms with Crippen LogP contribution in [0.15, 0.2) is 30.6 Å². The van der Waals surface area contributed by atoms with Gasteiger partial charge in [0.25, 0.3) is 0 Å².